The number of para-hydroxylation sites is 2. The summed E-state index contributed by atoms with van der Waals surface area (Å²) in [6.45, 7) is 0. The van der Waals surface area contributed by atoms with Crippen LogP contribution in [0.1, 0.15) is 0 Å². The fourth-order valence-electron chi connectivity index (χ4n) is 8.71. The summed E-state index contributed by atoms with van der Waals surface area (Å²) in [5, 5.41) is 15.0. The smallest absolute Gasteiger partial charge is 0.0540 e. The molecule has 0 radical (unpaired) electrons. The Labute approximate surface area is 313 Å². The lowest BCUT2D eigenvalue weighted by Gasteiger charge is -2.29. The number of nitrogens with zero attached hydrogens (tertiary/aromatic N) is 2. The number of benzene rings is 11. The Balaban J connectivity index is 1.16. The van der Waals surface area contributed by atoms with Gasteiger partial charge in [-0.1, -0.05) is 146 Å². The van der Waals surface area contributed by atoms with Gasteiger partial charge in [-0.15, -0.1) is 0 Å². The van der Waals surface area contributed by atoms with E-state index in [1.54, 1.807) is 0 Å². The van der Waals surface area contributed by atoms with Gasteiger partial charge in [0.25, 0.3) is 0 Å². The summed E-state index contributed by atoms with van der Waals surface area (Å²) in [5.41, 5.74) is 6.86. The highest BCUT2D eigenvalue weighted by molar-refractivity contribution is 6.35. The van der Waals surface area contributed by atoms with E-state index >= 15 is 0 Å². The molecular weight excluding hydrogens is 653 g/mol. The standard InChI is InChI=1S/C52H34N2/c1-3-17-39(18-4-1)53(41-27-25-35-13-7-9-15-37(35)33-41)49-31-29-45-44-22-12-24-48-50(32-30-46(52(44)48)43-21-11-23-47(49)51(43)45)54(40-19-5-2-6-20-40)42-28-26-36-14-8-10-16-38(36)34-42/h1-34H. The molecule has 0 heterocycles. The summed E-state index contributed by atoms with van der Waals surface area (Å²) in [5.74, 6) is 0. The Kier molecular flexibility index (Phi) is 6.90. The highest BCUT2D eigenvalue weighted by atomic mass is 15.1. The van der Waals surface area contributed by atoms with Crippen molar-refractivity contribution in [1.82, 2.24) is 0 Å². The number of hydrogen-bond acceptors (Lipinski definition) is 2. The lowest BCUT2D eigenvalue weighted by molar-refractivity contribution is 1.30. The van der Waals surface area contributed by atoms with E-state index in [9.17, 15) is 0 Å². The van der Waals surface area contributed by atoms with Gasteiger partial charge in [-0.2, -0.15) is 0 Å². The zero-order chi connectivity index (χ0) is 35.6. The fraction of sp³-hybridized carbons (Fsp3) is 0. The zero-order valence-corrected chi connectivity index (χ0v) is 29.5. The molecule has 0 N–H and O–H groups in total. The van der Waals surface area contributed by atoms with Crippen LogP contribution in [0.3, 0.4) is 0 Å². The first-order valence-corrected chi connectivity index (χ1v) is 18.6. The van der Waals surface area contributed by atoms with Crippen molar-refractivity contribution in [2.75, 3.05) is 9.80 Å². The molecular formula is C52H34N2. The average Bonchev–Trinajstić information content (AvgIpc) is 3.24. The monoisotopic (exact) mass is 686 g/mol. The van der Waals surface area contributed by atoms with Gasteiger partial charge in [0.05, 0.1) is 11.4 Å². The van der Waals surface area contributed by atoms with Crippen LogP contribution in [0, 0.1) is 0 Å². The van der Waals surface area contributed by atoms with Crippen LogP contribution in [0.2, 0.25) is 0 Å². The van der Waals surface area contributed by atoms with E-state index in [0.29, 0.717) is 0 Å². The van der Waals surface area contributed by atoms with Gasteiger partial charge in [0.15, 0.2) is 0 Å². The van der Waals surface area contributed by atoms with Crippen LogP contribution in [0.25, 0.3) is 64.6 Å². The van der Waals surface area contributed by atoms with E-state index in [4.69, 9.17) is 0 Å². The molecule has 252 valence electrons. The molecule has 2 heteroatoms. The first-order valence-electron chi connectivity index (χ1n) is 18.6. The Morgan fingerprint density at radius 1 is 0.222 bits per heavy atom. The first-order chi connectivity index (χ1) is 26.8. The van der Waals surface area contributed by atoms with Crippen LogP contribution < -0.4 is 9.80 Å². The number of rotatable bonds is 6. The summed E-state index contributed by atoms with van der Waals surface area (Å²) in [4.78, 5) is 4.83. The maximum Gasteiger partial charge on any atom is 0.0540 e. The largest absolute Gasteiger partial charge is 0.310 e. The maximum absolute atomic E-state index is 2.41. The van der Waals surface area contributed by atoms with E-state index in [1.807, 2.05) is 0 Å². The normalized spacial score (nSPS) is 11.7. The molecule has 2 nitrogen and oxygen atoms in total. The number of fused-ring (bicyclic) bond motifs is 4. The minimum absolute atomic E-state index is 1.13. The van der Waals surface area contributed by atoms with Crippen LogP contribution in [0.15, 0.2) is 206 Å². The van der Waals surface area contributed by atoms with Crippen LogP contribution in [-0.2, 0) is 0 Å². The van der Waals surface area contributed by atoms with E-state index < -0.39 is 0 Å². The van der Waals surface area contributed by atoms with Crippen LogP contribution in [0.4, 0.5) is 34.1 Å². The highest BCUT2D eigenvalue weighted by Gasteiger charge is 2.22. The predicted molar refractivity (Wildman–Crippen MR) is 232 cm³/mol. The van der Waals surface area contributed by atoms with Crippen molar-refractivity contribution in [2.45, 2.75) is 0 Å². The molecule has 0 aliphatic rings. The Morgan fingerprint density at radius 3 is 1.04 bits per heavy atom. The molecule has 0 spiro atoms. The number of anilines is 6. The van der Waals surface area contributed by atoms with E-state index in [2.05, 4.69) is 216 Å². The summed E-state index contributed by atoms with van der Waals surface area (Å²) in [6, 6.07) is 75.3. The third kappa shape index (κ3) is 4.74. The van der Waals surface area contributed by atoms with Gasteiger partial charge in [0.1, 0.15) is 0 Å². The molecule has 0 atom stereocenters. The van der Waals surface area contributed by atoms with E-state index in [-0.39, 0.29) is 0 Å². The molecule has 0 unspecified atom stereocenters. The summed E-state index contributed by atoms with van der Waals surface area (Å²) in [6.07, 6.45) is 0. The van der Waals surface area contributed by atoms with Crippen LogP contribution in [0.5, 0.6) is 0 Å². The van der Waals surface area contributed by atoms with Crippen molar-refractivity contribution >= 4 is 98.8 Å². The number of hydrogen-bond donors (Lipinski definition) is 0. The summed E-state index contributed by atoms with van der Waals surface area (Å²) < 4.78 is 0. The van der Waals surface area contributed by atoms with Gasteiger partial charge in [0, 0.05) is 33.5 Å². The molecule has 11 aromatic rings. The van der Waals surface area contributed by atoms with Gasteiger partial charge in [-0.3, -0.25) is 0 Å². The molecule has 0 aliphatic carbocycles. The highest BCUT2D eigenvalue weighted by Crippen LogP contribution is 2.49. The molecule has 54 heavy (non-hydrogen) atoms. The van der Waals surface area contributed by atoms with Crippen molar-refractivity contribution in [3.05, 3.63) is 206 Å². The van der Waals surface area contributed by atoms with Crippen molar-refractivity contribution in [3.63, 3.8) is 0 Å². The average molecular weight is 687 g/mol. The van der Waals surface area contributed by atoms with Crippen molar-refractivity contribution in [1.29, 1.82) is 0 Å². The lowest BCUT2D eigenvalue weighted by Crippen LogP contribution is -2.11. The van der Waals surface area contributed by atoms with Crippen molar-refractivity contribution in [2.24, 2.45) is 0 Å². The van der Waals surface area contributed by atoms with Gasteiger partial charge in [-0.05, 0) is 115 Å². The Bertz CT molecular complexity index is 2930. The Morgan fingerprint density at radius 2 is 0.593 bits per heavy atom. The lowest BCUT2D eigenvalue weighted by atomic mass is 9.88. The molecule has 0 aromatic heterocycles. The van der Waals surface area contributed by atoms with Gasteiger partial charge < -0.3 is 9.80 Å². The second-order valence-electron chi connectivity index (χ2n) is 14.1. The van der Waals surface area contributed by atoms with E-state index in [1.165, 1.54) is 64.6 Å². The third-order valence-corrected chi connectivity index (χ3v) is 11.1. The molecule has 0 fully saturated rings. The molecule has 11 aromatic carbocycles. The predicted octanol–water partition coefficient (Wildman–Crippen LogP) is 15.0. The van der Waals surface area contributed by atoms with Crippen molar-refractivity contribution < 1.29 is 0 Å². The topological polar surface area (TPSA) is 6.48 Å². The molecule has 0 aliphatic heterocycles. The second kappa shape index (κ2) is 12.2. The van der Waals surface area contributed by atoms with Crippen molar-refractivity contribution in [3.8, 4) is 0 Å². The quantitative estimate of drug-likeness (QED) is 0.127. The maximum atomic E-state index is 2.41. The van der Waals surface area contributed by atoms with Crippen LogP contribution >= 0.6 is 0 Å². The SMILES string of the molecule is c1ccc(N(c2ccc3ccccc3c2)c2ccc3c4cccc5c(N(c6ccccc6)c6ccc7ccccc7c6)ccc(c6cccc2c63)c54)cc1. The molecule has 11 rings (SSSR count). The molecule has 0 saturated heterocycles. The zero-order valence-electron chi connectivity index (χ0n) is 29.5. The second-order valence-corrected chi connectivity index (χ2v) is 14.1. The fourth-order valence-corrected chi connectivity index (χ4v) is 8.71. The molecule has 0 saturated carbocycles. The summed E-state index contributed by atoms with van der Waals surface area (Å²) in [7, 11) is 0. The van der Waals surface area contributed by atoms with Gasteiger partial charge in [-0.25, -0.2) is 0 Å². The van der Waals surface area contributed by atoms with Gasteiger partial charge in [0.2, 0.25) is 0 Å². The molecule has 0 bridgehead atoms. The minimum atomic E-state index is 1.13. The molecule has 0 amide bonds. The third-order valence-electron chi connectivity index (χ3n) is 11.1. The van der Waals surface area contributed by atoms with Crippen LogP contribution in [-0.4, -0.2) is 0 Å². The first kappa shape index (κ1) is 30.5. The van der Waals surface area contributed by atoms with E-state index in [0.717, 1.165) is 34.1 Å². The summed E-state index contributed by atoms with van der Waals surface area (Å²) >= 11 is 0. The van der Waals surface area contributed by atoms with Gasteiger partial charge >= 0.3 is 0 Å². The Hall–Kier alpha value is -7.16. The minimum Gasteiger partial charge on any atom is -0.310 e.